The summed E-state index contributed by atoms with van der Waals surface area (Å²) in [5.41, 5.74) is 10.1. The highest BCUT2D eigenvalue weighted by Gasteiger charge is 2.31. The Morgan fingerprint density at radius 1 is 1.05 bits per heavy atom. The summed E-state index contributed by atoms with van der Waals surface area (Å²) < 4.78 is 5.21. The van der Waals surface area contributed by atoms with Gasteiger partial charge in [-0.05, 0) is 41.8 Å². The van der Waals surface area contributed by atoms with Gasteiger partial charge in [0, 0.05) is 18.8 Å². The van der Waals surface area contributed by atoms with E-state index in [1.807, 2.05) is 12.1 Å². The van der Waals surface area contributed by atoms with Gasteiger partial charge in [0.05, 0.1) is 13.2 Å². The van der Waals surface area contributed by atoms with Gasteiger partial charge in [-0.15, -0.1) is 0 Å². The summed E-state index contributed by atoms with van der Waals surface area (Å²) in [4.78, 5) is 2.30. The Balaban J connectivity index is 1.89. The van der Waals surface area contributed by atoms with Gasteiger partial charge in [0.1, 0.15) is 5.75 Å². The Morgan fingerprint density at radius 2 is 1.70 bits per heavy atom. The Kier molecular flexibility index (Phi) is 3.36. The fourth-order valence-corrected chi connectivity index (χ4v) is 3.01. The van der Waals surface area contributed by atoms with Gasteiger partial charge in [0.2, 0.25) is 0 Å². The second kappa shape index (κ2) is 5.17. The van der Waals surface area contributed by atoms with Crippen molar-refractivity contribution in [3.05, 3.63) is 59.7 Å². The van der Waals surface area contributed by atoms with Gasteiger partial charge < -0.3 is 15.4 Å². The van der Waals surface area contributed by atoms with Crippen LogP contribution in [0.1, 0.15) is 29.6 Å². The van der Waals surface area contributed by atoms with Crippen LogP contribution in [0.15, 0.2) is 48.5 Å². The fraction of sp³-hybridized carbons (Fsp3) is 0.294. The van der Waals surface area contributed by atoms with Crippen LogP contribution < -0.4 is 15.4 Å². The molecule has 2 atom stereocenters. The minimum atomic E-state index is 0.136. The van der Waals surface area contributed by atoms with E-state index in [2.05, 4.69) is 48.3 Å². The molecule has 0 bridgehead atoms. The first-order valence-electron chi connectivity index (χ1n) is 6.92. The first-order valence-corrected chi connectivity index (χ1v) is 6.92. The molecule has 3 rings (SSSR count). The predicted octanol–water partition coefficient (Wildman–Crippen LogP) is 3.28. The third kappa shape index (κ3) is 2.14. The van der Waals surface area contributed by atoms with E-state index in [0.717, 1.165) is 12.2 Å². The van der Waals surface area contributed by atoms with Crippen molar-refractivity contribution in [3.8, 4) is 5.75 Å². The molecule has 2 unspecified atom stereocenters. The van der Waals surface area contributed by atoms with Crippen LogP contribution in [0.3, 0.4) is 0 Å². The van der Waals surface area contributed by atoms with Crippen molar-refractivity contribution >= 4 is 5.69 Å². The monoisotopic (exact) mass is 268 g/mol. The third-order valence-electron chi connectivity index (χ3n) is 4.18. The van der Waals surface area contributed by atoms with Gasteiger partial charge in [-0.2, -0.15) is 0 Å². The molecule has 20 heavy (non-hydrogen) atoms. The summed E-state index contributed by atoms with van der Waals surface area (Å²) in [6.07, 6.45) is 0.960. The Labute approximate surface area is 120 Å². The molecule has 0 radical (unpaired) electrons. The highest BCUT2D eigenvalue weighted by molar-refractivity contribution is 5.53. The zero-order chi connectivity index (χ0) is 14.1. The summed E-state index contributed by atoms with van der Waals surface area (Å²) >= 11 is 0. The lowest BCUT2D eigenvalue weighted by molar-refractivity contribution is 0.415. The molecule has 0 saturated carbocycles. The lowest BCUT2D eigenvalue weighted by Crippen LogP contribution is -2.22. The van der Waals surface area contributed by atoms with Crippen LogP contribution in [-0.2, 0) is 0 Å². The van der Waals surface area contributed by atoms with Gasteiger partial charge in [0.25, 0.3) is 0 Å². The van der Waals surface area contributed by atoms with Crippen LogP contribution in [0.2, 0.25) is 0 Å². The minimum absolute atomic E-state index is 0.136. The van der Waals surface area contributed by atoms with E-state index in [1.54, 1.807) is 7.11 Å². The van der Waals surface area contributed by atoms with Gasteiger partial charge >= 0.3 is 0 Å². The van der Waals surface area contributed by atoms with Gasteiger partial charge in [-0.1, -0.05) is 24.3 Å². The molecule has 0 amide bonds. The predicted molar refractivity (Wildman–Crippen MR) is 82.1 cm³/mol. The average Bonchev–Trinajstić information content (AvgIpc) is 2.84. The molecule has 1 aliphatic rings. The fourth-order valence-electron chi connectivity index (χ4n) is 3.01. The second-order valence-corrected chi connectivity index (χ2v) is 5.30. The maximum absolute atomic E-state index is 6.25. The molecular formula is C17H20N2O. The molecule has 2 aromatic carbocycles. The smallest absolute Gasteiger partial charge is 0.119 e. The lowest BCUT2D eigenvalue weighted by atomic mass is 10.1. The molecule has 0 heterocycles. The SMILES string of the molecule is COc1ccc(N(C)C2CC(N)c3ccccc32)cc1. The Morgan fingerprint density at radius 3 is 2.35 bits per heavy atom. The summed E-state index contributed by atoms with van der Waals surface area (Å²) in [6.45, 7) is 0. The zero-order valence-corrected chi connectivity index (χ0v) is 11.9. The quantitative estimate of drug-likeness (QED) is 0.928. The van der Waals surface area contributed by atoms with E-state index in [4.69, 9.17) is 10.5 Å². The van der Waals surface area contributed by atoms with E-state index in [9.17, 15) is 0 Å². The van der Waals surface area contributed by atoms with Gasteiger partial charge in [-0.3, -0.25) is 0 Å². The molecule has 1 aliphatic carbocycles. The molecule has 0 saturated heterocycles. The maximum Gasteiger partial charge on any atom is 0.119 e. The number of methoxy groups -OCH3 is 1. The maximum atomic E-state index is 6.25. The molecule has 3 heteroatoms. The van der Waals surface area contributed by atoms with Crippen LogP contribution in [0.25, 0.3) is 0 Å². The van der Waals surface area contributed by atoms with Crippen LogP contribution >= 0.6 is 0 Å². The Bertz CT molecular complexity index is 594. The van der Waals surface area contributed by atoms with Crippen molar-refractivity contribution in [3.63, 3.8) is 0 Å². The number of benzene rings is 2. The van der Waals surface area contributed by atoms with Crippen molar-refractivity contribution < 1.29 is 4.74 Å². The second-order valence-electron chi connectivity index (χ2n) is 5.30. The molecule has 2 aromatic rings. The number of fused-ring (bicyclic) bond motifs is 1. The van der Waals surface area contributed by atoms with Crippen LogP contribution in [0.5, 0.6) is 5.75 Å². The summed E-state index contributed by atoms with van der Waals surface area (Å²) in [5, 5.41) is 0. The van der Waals surface area contributed by atoms with Crippen molar-refractivity contribution in [2.45, 2.75) is 18.5 Å². The molecule has 3 nitrogen and oxygen atoms in total. The van der Waals surface area contributed by atoms with Crippen LogP contribution in [-0.4, -0.2) is 14.2 Å². The average molecular weight is 268 g/mol. The van der Waals surface area contributed by atoms with E-state index in [1.165, 1.54) is 16.8 Å². The molecule has 0 spiro atoms. The molecule has 2 N–H and O–H groups in total. The number of ether oxygens (including phenoxy) is 1. The third-order valence-corrected chi connectivity index (χ3v) is 4.18. The minimum Gasteiger partial charge on any atom is -0.497 e. The number of rotatable bonds is 3. The number of anilines is 1. The Hall–Kier alpha value is -2.00. The number of nitrogens with zero attached hydrogens (tertiary/aromatic N) is 1. The summed E-state index contributed by atoms with van der Waals surface area (Å²) in [7, 11) is 3.81. The highest BCUT2D eigenvalue weighted by Crippen LogP contribution is 2.41. The van der Waals surface area contributed by atoms with Crippen LogP contribution in [0.4, 0.5) is 5.69 Å². The highest BCUT2D eigenvalue weighted by atomic mass is 16.5. The van der Waals surface area contributed by atoms with Crippen molar-refractivity contribution in [2.24, 2.45) is 5.73 Å². The molecule has 0 aromatic heterocycles. The van der Waals surface area contributed by atoms with Crippen LogP contribution in [0, 0.1) is 0 Å². The molecular weight excluding hydrogens is 248 g/mol. The van der Waals surface area contributed by atoms with Gasteiger partial charge in [-0.25, -0.2) is 0 Å². The first kappa shape index (κ1) is 13.0. The van der Waals surface area contributed by atoms with E-state index in [-0.39, 0.29) is 6.04 Å². The molecule has 104 valence electrons. The van der Waals surface area contributed by atoms with Crippen molar-refractivity contribution in [1.82, 2.24) is 0 Å². The number of hydrogen-bond donors (Lipinski definition) is 1. The van der Waals surface area contributed by atoms with E-state index in [0.29, 0.717) is 6.04 Å². The van der Waals surface area contributed by atoms with Gasteiger partial charge in [0.15, 0.2) is 0 Å². The van der Waals surface area contributed by atoms with Crippen molar-refractivity contribution in [1.29, 1.82) is 0 Å². The lowest BCUT2D eigenvalue weighted by Gasteiger charge is -2.27. The molecule has 0 fully saturated rings. The first-order chi connectivity index (χ1) is 9.70. The largest absolute Gasteiger partial charge is 0.497 e. The normalized spacial score (nSPS) is 20.6. The topological polar surface area (TPSA) is 38.5 Å². The van der Waals surface area contributed by atoms with E-state index < -0.39 is 0 Å². The summed E-state index contributed by atoms with van der Waals surface area (Å²) in [5.74, 6) is 0.880. The zero-order valence-electron chi connectivity index (χ0n) is 11.9. The summed E-state index contributed by atoms with van der Waals surface area (Å²) in [6, 6.07) is 17.1. The van der Waals surface area contributed by atoms with Crippen molar-refractivity contribution in [2.75, 3.05) is 19.1 Å². The molecule has 0 aliphatic heterocycles. The standard InChI is InChI=1S/C17H20N2O/c1-19(12-7-9-13(20-2)10-8-12)17-11-16(18)14-5-3-4-6-15(14)17/h3-10,16-17H,11,18H2,1-2H3. The number of nitrogens with two attached hydrogens (primary N) is 1. The van der Waals surface area contributed by atoms with E-state index >= 15 is 0 Å². The number of hydrogen-bond acceptors (Lipinski definition) is 3.